The number of hydrogen-bond acceptors (Lipinski definition) is 1. The van der Waals surface area contributed by atoms with Gasteiger partial charge >= 0.3 is 0 Å². The quantitative estimate of drug-likeness (QED) is 0.550. The molecule has 0 rings (SSSR count). The van der Waals surface area contributed by atoms with Crippen molar-refractivity contribution < 1.29 is 0 Å². The van der Waals surface area contributed by atoms with E-state index in [1.54, 1.807) is 0 Å². The highest BCUT2D eigenvalue weighted by Crippen LogP contribution is 2.03. The summed E-state index contributed by atoms with van der Waals surface area (Å²) in [6.07, 6.45) is 2.12. The Balaban J connectivity index is 3.88. The fourth-order valence-corrected chi connectivity index (χ4v) is 0.611. The lowest BCUT2D eigenvalue weighted by Crippen LogP contribution is -2.23. The molecule has 0 aliphatic carbocycles. The predicted octanol–water partition coefficient (Wildman–Crippen LogP) is 2.25. The molecule has 0 fully saturated rings. The van der Waals surface area contributed by atoms with Gasteiger partial charge in [-0.2, -0.15) is 0 Å². The minimum absolute atomic E-state index is 0.612. The Labute approximate surface area is 58.4 Å². The number of nitrogens with zero attached hydrogens (tertiary/aromatic N) is 1. The van der Waals surface area contributed by atoms with Crippen molar-refractivity contribution in [2.24, 2.45) is 0 Å². The smallest absolute Gasteiger partial charge is 0.0226 e. The summed E-state index contributed by atoms with van der Waals surface area (Å²) in [5.74, 6) is 0. The molecule has 9 heavy (non-hydrogen) atoms. The van der Waals surface area contributed by atoms with Crippen LogP contribution in [0.4, 0.5) is 0 Å². The average Bonchev–Trinajstić information content (AvgIpc) is 1.84. The topological polar surface area (TPSA) is 3.24 Å². The van der Waals surface area contributed by atoms with Crippen LogP contribution in [0.5, 0.6) is 0 Å². The summed E-state index contributed by atoms with van der Waals surface area (Å²) in [4.78, 5) is 2.25. The Bertz CT molecular complexity index is 103. The van der Waals surface area contributed by atoms with Gasteiger partial charge in [0.15, 0.2) is 0 Å². The van der Waals surface area contributed by atoms with Crippen LogP contribution in [0.25, 0.3) is 0 Å². The maximum atomic E-state index is 2.25. The molecule has 0 N–H and O–H groups in total. The zero-order valence-corrected chi connectivity index (χ0v) is 7.10. The van der Waals surface area contributed by atoms with Gasteiger partial charge in [-0.1, -0.05) is 6.08 Å². The van der Waals surface area contributed by atoms with E-state index in [0.717, 1.165) is 0 Å². The van der Waals surface area contributed by atoms with E-state index in [4.69, 9.17) is 0 Å². The fraction of sp³-hybridized carbons (Fsp3) is 0.750. The van der Waals surface area contributed by atoms with E-state index < -0.39 is 0 Å². The molecule has 0 saturated heterocycles. The molecule has 0 saturated carbocycles. The summed E-state index contributed by atoms with van der Waals surface area (Å²) >= 11 is 0. The lowest BCUT2D eigenvalue weighted by molar-refractivity contribution is 0.344. The van der Waals surface area contributed by atoms with Gasteiger partial charge in [0.25, 0.3) is 0 Å². The Kier molecular flexibility index (Phi) is 3.36. The van der Waals surface area contributed by atoms with E-state index in [1.807, 2.05) is 0 Å². The largest absolute Gasteiger partial charge is 0.376 e. The van der Waals surface area contributed by atoms with Crippen molar-refractivity contribution in [3.05, 3.63) is 11.8 Å². The van der Waals surface area contributed by atoms with Crippen molar-refractivity contribution in [3.8, 4) is 0 Å². The molecule has 0 aliphatic heterocycles. The minimum atomic E-state index is 0.612. The van der Waals surface area contributed by atoms with E-state index >= 15 is 0 Å². The van der Waals surface area contributed by atoms with Crippen LogP contribution in [-0.2, 0) is 0 Å². The summed E-state index contributed by atoms with van der Waals surface area (Å²) in [7, 11) is 2.11. The van der Waals surface area contributed by atoms with Gasteiger partial charge in [-0.25, -0.2) is 0 Å². The van der Waals surface area contributed by atoms with Gasteiger partial charge in [0.05, 0.1) is 0 Å². The van der Waals surface area contributed by atoms with Gasteiger partial charge in [-0.05, 0) is 27.7 Å². The van der Waals surface area contributed by atoms with Gasteiger partial charge < -0.3 is 4.90 Å². The Morgan fingerprint density at radius 2 is 1.89 bits per heavy atom. The summed E-state index contributed by atoms with van der Waals surface area (Å²) < 4.78 is 0. The van der Waals surface area contributed by atoms with Crippen LogP contribution in [0.2, 0.25) is 0 Å². The van der Waals surface area contributed by atoms with Gasteiger partial charge in [0.1, 0.15) is 0 Å². The molecule has 0 aromatic carbocycles. The zero-order chi connectivity index (χ0) is 7.44. The molecule has 0 aliphatic rings. The number of hydrogen-bond donors (Lipinski definition) is 0. The summed E-state index contributed by atoms with van der Waals surface area (Å²) in [5.41, 5.74) is 1.34. The van der Waals surface area contributed by atoms with Gasteiger partial charge in [-0.15, -0.1) is 0 Å². The highest BCUT2D eigenvalue weighted by Gasteiger charge is 2.00. The molecule has 1 nitrogen and oxygen atoms in total. The molecular formula is C8H17N. The van der Waals surface area contributed by atoms with Crippen molar-refractivity contribution in [2.75, 3.05) is 7.05 Å². The first-order chi connectivity index (χ1) is 4.09. The Hall–Kier alpha value is -0.460. The lowest BCUT2D eigenvalue weighted by Gasteiger charge is -2.23. The molecule has 54 valence electrons. The first-order valence-corrected chi connectivity index (χ1v) is 3.45. The van der Waals surface area contributed by atoms with E-state index in [2.05, 4.69) is 45.7 Å². The Morgan fingerprint density at radius 3 is 2.00 bits per heavy atom. The van der Waals surface area contributed by atoms with Gasteiger partial charge in [0.2, 0.25) is 0 Å². The Morgan fingerprint density at radius 1 is 1.44 bits per heavy atom. The van der Waals surface area contributed by atoms with E-state index in [-0.39, 0.29) is 0 Å². The van der Waals surface area contributed by atoms with Crippen molar-refractivity contribution in [1.29, 1.82) is 0 Å². The monoisotopic (exact) mass is 127 g/mol. The van der Waals surface area contributed by atoms with E-state index in [9.17, 15) is 0 Å². The van der Waals surface area contributed by atoms with Crippen LogP contribution in [0.1, 0.15) is 27.7 Å². The van der Waals surface area contributed by atoms with Gasteiger partial charge in [-0.3, -0.25) is 0 Å². The summed E-state index contributed by atoms with van der Waals surface area (Å²) in [6.45, 7) is 8.56. The van der Waals surface area contributed by atoms with Crippen molar-refractivity contribution in [3.63, 3.8) is 0 Å². The van der Waals surface area contributed by atoms with Crippen LogP contribution in [0.3, 0.4) is 0 Å². The molecule has 0 heterocycles. The molecular weight excluding hydrogens is 110 g/mol. The molecule has 0 radical (unpaired) electrons. The van der Waals surface area contributed by atoms with Crippen LogP contribution >= 0.6 is 0 Å². The maximum absolute atomic E-state index is 2.25. The second-order valence-electron chi connectivity index (χ2n) is 2.63. The molecule has 0 aromatic heterocycles. The molecule has 0 atom stereocenters. The predicted molar refractivity (Wildman–Crippen MR) is 42.3 cm³/mol. The second-order valence-corrected chi connectivity index (χ2v) is 2.63. The van der Waals surface area contributed by atoms with Crippen molar-refractivity contribution >= 4 is 0 Å². The van der Waals surface area contributed by atoms with Crippen molar-refractivity contribution in [1.82, 2.24) is 4.90 Å². The van der Waals surface area contributed by atoms with Crippen LogP contribution in [0, 0.1) is 0 Å². The number of allylic oxidation sites excluding steroid dienone is 2. The molecule has 0 bridgehead atoms. The van der Waals surface area contributed by atoms with Crippen LogP contribution in [-0.4, -0.2) is 18.0 Å². The first-order valence-electron chi connectivity index (χ1n) is 3.45. The molecule has 0 spiro atoms. The normalized spacial score (nSPS) is 12.4. The van der Waals surface area contributed by atoms with E-state index in [0.29, 0.717) is 6.04 Å². The third-order valence-electron chi connectivity index (χ3n) is 1.75. The van der Waals surface area contributed by atoms with Crippen molar-refractivity contribution in [2.45, 2.75) is 33.7 Å². The third kappa shape index (κ3) is 2.54. The fourth-order valence-electron chi connectivity index (χ4n) is 0.611. The SMILES string of the molecule is C/C=C(/C)N(C)C(C)C. The maximum Gasteiger partial charge on any atom is 0.0226 e. The van der Waals surface area contributed by atoms with Gasteiger partial charge in [0, 0.05) is 18.8 Å². The molecule has 0 unspecified atom stereocenters. The lowest BCUT2D eigenvalue weighted by atomic mass is 10.3. The highest BCUT2D eigenvalue weighted by atomic mass is 15.1. The minimum Gasteiger partial charge on any atom is -0.376 e. The van der Waals surface area contributed by atoms with Crippen LogP contribution < -0.4 is 0 Å². The highest BCUT2D eigenvalue weighted by molar-refractivity contribution is 4.94. The second kappa shape index (κ2) is 3.54. The number of rotatable bonds is 2. The standard InChI is InChI=1S/C8H17N/c1-6-8(4)9(5)7(2)3/h6-7H,1-5H3/b8-6-. The molecule has 1 heteroatoms. The molecule has 0 aromatic rings. The van der Waals surface area contributed by atoms with Crippen LogP contribution in [0.15, 0.2) is 11.8 Å². The summed E-state index contributed by atoms with van der Waals surface area (Å²) in [5, 5.41) is 0. The average molecular weight is 127 g/mol. The molecule has 0 amide bonds. The third-order valence-corrected chi connectivity index (χ3v) is 1.75. The zero-order valence-electron chi connectivity index (χ0n) is 7.10. The summed E-state index contributed by atoms with van der Waals surface area (Å²) in [6, 6.07) is 0.612. The first kappa shape index (κ1) is 8.54. The van der Waals surface area contributed by atoms with E-state index in [1.165, 1.54) is 5.70 Å².